The van der Waals surface area contributed by atoms with Crippen molar-refractivity contribution in [1.82, 2.24) is 0 Å². The quantitative estimate of drug-likeness (QED) is 0.161. The van der Waals surface area contributed by atoms with Crippen LogP contribution in [0, 0.1) is 0 Å². The lowest BCUT2D eigenvalue weighted by atomic mass is 9.94. The molecule has 2 aromatic heterocycles. The Labute approximate surface area is 348 Å². The van der Waals surface area contributed by atoms with Gasteiger partial charge in [-0.25, -0.2) is 0 Å². The first kappa shape index (κ1) is 33.0. The molecule has 0 unspecified atom stereocenters. The molecule has 59 heavy (non-hydrogen) atoms. The lowest BCUT2D eigenvalue weighted by Gasteiger charge is -2.30. The Kier molecular flexibility index (Phi) is 7.12. The van der Waals surface area contributed by atoms with E-state index in [9.17, 15) is 0 Å². The molecule has 0 aliphatic rings. The van der Waals surface area contributed by atoms with Crippen LogP contribution in [-0.4, -0.2) is 0 Å². The third-order valence-electron chi connectivity index (χ3n) is 12.4. The molecule has 13 rings (SSSR count). The molecular formula is C56H33NS2. The number of anilines is 3. The van der Waals surface area contributed by atoms with Gasteiger partial charge in [-0.1, -0.05) is 164 Å². The molecule has 0 radical (unpaired) electrons. The number of rotatable bonds is 4. The Balaban J connectivity index is 1.14. The van der Waals surface area contributed by atoms with Gasteiger partial charge in [-0.15, -0.1) is 22.7 Å². The van der Waals surface area contributed by atoms with Crippen molar-refractivity contribution in [3.05, 3.63) is 200 Å². The smallest absolute Gasteiger partial charge is 0.0555 e. The topological polar surface area (TPSA) is 3.24 Å². The van der Waals surface area contributed by atoms with E-state index in [-0.39, 0.29) is 0 Å². The standard InChI is InChI=1S/C56H33NS2/c1-4-16-39-34(13-1)25-27-47-55-46-23-10-9-21-44(46)51(33-54(55)59-56(39)47)57(50-32-35-14-2-3-15-37(35)40-17-6-8-20-43(40)50)49-29-28-38(41-18-5-7-19-42(41)49)36-26-30-53-48(31-36)45-22-11-12-24-52(45)58-53/h1-33H. The van der Waals surface area contributed by atoms with Crippen molar-refractivity contribution < 1.29 is 0 Å². The van der Waals surface area contributed by atoms with Gasteiger partial charge in [0.15, 0.2) is 0 Å². The Bertz CT molecular complexity index is 3870. The van der Waals surface area contributed by atoms with Crippen LogP contribution in [0.15, 0.2) is 200 Å². The van der Waals surface area contributed by atoms with Crippen molar-refractivity contribution in [1.29, 1.82) is 0 Å². The number of nitrogens with zero attached hydrogens (tertiary/aromatic N) is 1. The molecule has 0 spiro atoms. The lowest BCUT2D eigenvalue weighted by Crippen LogP contribution is -2.12. The second-order valence-corrected chi connectivity index (χ2v) is 17.7. The van der Waals surface area contributed by atoms with E-state index in [1.807, 2.05) is 22.7 Å². The zero-order valence-electron chi connectivity index (χ0n) is 31.8. The van der Waals surface area contributed by atoms with Crippen molar-refractivity contribution in [3.8, 4) is 11.1 Å². The summed E-state index contributed by atoms with van der Waals surface area (Å²) in [6.45, 7) is 0. The highest BCUT2D eigenvalue weighted by atomic mass is 32.1. The SMILES string of the molecule is c1ccc2c(c1)cc(N(c1ccc(-c3ccc4sc5ccccc5c4c3)c3ccccc13)c1cc3sc4c5ccccc5ccc4c3c3ccccc13)c1ccccc12. The molecule has 0 aliphatic carbocycles. The fourth-order valence-corrected chi connectivity index (χ4v) is 12.1. The molecule has 13 aromatic rings. The molecule has 0 aliphatic heterocycles. The zero-order chi connectivity index (χ0) is 38.6. The Morgan fingerprint density at radius 3 is 1.69 bits per heavy atom. The molecule has 274 valence electrons. The first-order valence-corrected chi connectivity index (χ1v) is 21.8. The molecule has 2 heterocycles. The second kappa shape index (κ2) is 12.7. The fraction of sp³-hybridized carbons (Fsp3) is 0. The van der Waals surface area contributed by atoms with E-state index >= 15 is 0 Å². The highest BCUT2D eigenvalue weighted by Crippen LogP contribution is 2.51. The van der Waals surface area contributed by atoms with Gasteiger partial charge in [0.1, 0.15) is 0 Å². The van der Waals surface area contributed by atoms with E-state index in [4.69, 9.17) is 0 Å². The van der Waals surface area contributed by atoms with Crippen LogP contribution in [-0.2, 0) is 0 Å². The molecule has 0 amide bonds. The molecule has 0 atom stereocenters. The Morgan fingerprint density at radius 1 is 0.288 bits per heavy atom. The number of hydrogen-bond acceptors (Lipinski definition) is 3. The third-order valence-corrected chi connectivity index (χ3v) is 14.7. The van der Waals surface area contributed by atoms with Crippen molar-refractivity contribution in [2.45, 2.75) is 0 Å². The summed E-state index contributed by atoms with van der Waals surface area (Å²) in [5.74, 6) is 0. The third kappa shape index (κ3) is 4.90. The summed E-state index contributed by atoms with van der Waals surface area (Å²) in [7, 11) is 0. The summed E-state index contributed by atoms with van der Waals surface area (Å²) in [6.07, 6.45) is 0. The van der Waals surface area contributed by atoms with Crippen LogP contribution in [0.5, 0.6) is 0 Å². The van der Waals surface area contributed by atoms with Gasteiger partial charge >= 0.3 is 0 Å². The van der Waals surface area contributed by atoms with Gasteiger partial charge in [0.05, 0.1) is 17.1 Å². The van der Waals surface area contributed by atoms with Crippen molar-refractivity contribution in [3.63, 3.8) is 0 Å². The summed E-state index contributed by atoms with van der Waals surface area (Å²) in [4.78, 5) is 2.57. The molecular weight excluding hydrogens is 751 g/mol. The molecule has 0 bridgehead atoms. The first-order chi connectivity index (χ1) is 29.3. The maximum absolute atomic E-state index is 2.57. The van der Waals surface area contributed by atoms with Gasteiger partial charge in [-0.3, -0.25) is 0 Å². The zero-order valence-corrected chi connectivity index (χ0v) is 33.4. The molecule has 0 saturated heterocycles. The van der Waals surface area contributed by atoms with Crippen molar-refractivity contribution in [2.24, 2.45) is 0 Å². The van der Waals surface area contributed by atoms with Gasteiger partial charge in [0.2, 0.25) is 0 Å². The van der Waals surface area contributed by atoms with Crippen molar-refractivity contribution >= 4 is 134 Å². The average molecular weight is 784 g/mol. The lowest BCUT2D eigenvalue weighted by molar-refractivity contribution is 1.34. The predicted molar refractivity (Wildman–Crippen MR) is 260 cm³/mol. The summed E-state index contributed by atoms with van der Waals surface area (Å²) in [5.41, 5.74) is 5.97. The molecule has 1 nitrogen and oxygen atoms in total. The molecule has 0 N–H and O–H groups in total. The van der Waals surface area contributed by atoms with Gasteiger partial charge in [0, 0.05) is 56.5 Å². The molecule has 3 heteroatoms. The minimum absolute atomic E-state index is 1.16. The summed E-state index contributed by atoms with van der Waals surface area (Å²) in [6, 6.07) is 74.6. The van der Waals surface area contributed by atoms with Crippen LogP contribution in [0.1, 0.15) is 0 Å². The van der Waals surface area contributed by atoms with Gasteiger partial charge < -0.3 is 4.90 Å². The normalized spacial score (nSPS) is 12.1. The van der Waals surface area contributed by atoms with E-state index in [2.05, 4.69) is 205 Å². The van der Waals surface area contributed by atoms with Gasteiger partial charge in [0.25, 0.3) is 0 Å². The summed E-state index contributed by atoms with van der Waals surface area (Å²) in [5, 5.41) is 17.8. The van der Waals surface area contributed by atoms with E-state index in [1.54, 1.807) is 0 Å². The molecule has 0 fully saturated rings. The van der Waals surface area contributed by atoms with E-state index in [1.165, 1.54) is 117 Å². The predicted octanol–water partition coefficient (Wildman–Crippen LogP) is 17.3. The first-order valence-electron chi connectivity index (χ1n) is 20.2. The summed E-state index contributed by atoms with van der Waals surface area (Å²) < 4.78 is 5.28. The number of fused-ring (bicyclic) bond motifs is 14. The number of hydrogen-bond donors (Lipinski definition) is 0. The Hall–Kier alpha value is -7.04. The minimum atomic E-state index is 1.16. The fourth-order valence-electron chi connectivity index (χ4n) is 9.77. The maximum atomic E-state index is 2.57. The van der Waals surface area contributed by atoms with Crippen LogP contribution in [0.3, 0.4) is 0 Å². The highest BCUT2D eigenvalue weighted by molar-refractivity contribution is 7.27. The van der Waals surface area contributed by atoms with E-state index < -0.39 is 0 Å². The van der Waals surface area contributed by atoms with Gasteiger partial charge in [-0.05, 0) is 85.2 Å². The van der Waals surface area contributed by atoms with Gasteiger partial charge in [-0.2, -0.15) is 0 Å². The van der Waals surface area contributed by atoms with Crippen LogP contribution in [0.25, 0.3) is 105 Å². The summed E-state index contributed by atoms with van der Waals surface area (Å²) >= 11 is 3.78. The van der Waals surface area contributed by atoms with Crippen molar-refractivity contribution in [2.75, 3.05) is 4.90 Å². The number of thiophene rings is 2. The minimum Gasteiger partial charge on any atom is -0.309 e. The van der Waals surface area contributed by atoms with E-state index in [0.717, 1.165) is 5.69 Å². The number of benzene rings is 11. The molecule has 11 aromatic carbocycles. The van der Waals surface area contributed by atoms with E-state index in [0.29, 0.717) is 0 Å². The van der Waals surface area contributed by atoms with Crippen LogP contribution < -0.4 is 4.90 Å². The second-order valence-electron chi connectivity index (χ2n) is 15.6. The van der Waals surface area contributed by atoms with Crippen LogP contribution in [0.2, 0.25) is 0 Å². The molecule has 0 saturated carbocycles. The van der Waals surface area contributed by atoms with Crippen LogP contribution in [0.4, 0.5) is 17.1 Å². The highest BCUT2D eigenvalue weighted by Gasteiger charge is 2.24. The van der Waals surface area contributed by atoms with Crippen LogP contribution >= 0.6 is 22.7 Å². The largest absolute Gasteiger partial charge is 0.309 e. The monoisotopic (exact) mass is 783 g/mol. The Morgan fingerprint density at radius 2 is 0.881 bits per heavy atom. The maximum Gasteiger partial charge on any atom is 0.0555 e. The average Bonchev–Trinajstić information content (AvgIpc) is 3.88.